The van der Waals surface area contributed by atoms with E-state index in [9.17, 15) is 9.18 Å². The summed E-state index contributed by atoms with van der Waals surface area (Å²) in [7, 11) is 0. The van der Waals surface area contributed by atoms with Gasteiger partial charge in [-0.25, -0.2) is 4.39 Å². The van der Waals surface area contributed by atoms with Crippen LogP contribution in [0.5, 0.6) is 0 Å². The maximum Gasteiger partial charge on any atom is 0.230 e. The van der Waals surface area contributed by atoms with Gasteiger partial charge in [0.15, 0.2) is 0 Å². The number of benzene rings is 1. The zero-order valence-corrected chi connectivity index (χ0v) is 8.20. The maximum absolute atomic E-state index is 12.9. The molecule has 0 fully saturated rings. The van der Waals surface area contributed by atoms with Crippen LogP contribution in [0, 0.1) is 5.82 Å². The number of hydrogen-bond acceptors (Lipinski definition) is 2. The van der Waals surface area contributed by atoms with E-state index in [-0.39, 0.29) is 17.3 Å². The molecular weight excluding hydrogens is 223 g/mol. The fourth-order valence-electron chi connectivity index (χ4n) is 0.870. The summed E-state index contributed by atoms with van der Waals surface area (Å²) in [5.74, 6) is -1.15. The van der Waals surface area contributed by atoms with E-state index in [2.05, 4.69) is 15.3 Å². The van der Waals surface area contributed by atoms with Crippen molar-refractivity contribution in [2.45, 2.75) is 0 Å². The topological polar surface area (TPSA) is 77.9 Å². The molecule has 1 amide bonds. The van der Waals surface area contributed by atoms with E-state index in [0.29, 0.717) is 0 Å². The van der Waals surface area contributed by atoms with Crippen molar-refractivity contribution in [2.24, 2.45) is 5.11 Å². The predicted octanol–water partition coefficient (Wildman–Crippen LogP) is 2.73. The largest absolute Gasteiger partial charge is 0.326 e. The van der Waals surface area contributed by atoms with E-state index in [4.69, 9.17) is 17.1 Å². The van der Waals surface area contributed by atoms with Crippen LogP contribution in [-0.2, 0) is 4.79 Å². The van der Waals surface area contributed by atoms with E-state index < -0.39 is 11.7 Å². The van der Waals surface area contributed by atoms with Gasteiger partial charge in [0, 0.05) is 10.6 Å². The number of rotatable bonds is 3. The van der Waals surface area contributed by atoms with Gasteiger partial charge >= 0.3 is 0 Å². The molecular formula is C8H6ClFN4O. The number of halogens is 2. The highest BCUT2D eigenvalue weighted by molar-refractivity contribution is 6.30. The van der Waals surface area contributed by atoms with Gasteiger partial charge in [-0.05, 0) is 23.7 Å². The van der Waals surface area contributed by atoms with Crippen molar-refractivity contribution in [3.8, 4) is 0 Å². The fourth-order valence-corrected chi connectivity index (χ4v) is 0.988. The van der Waals surface area contributed by atoms with Crippen molar-refractivity contribution >= 4 is 23.2 Å². The minimum Gasteiger partial charge on any atom is -0.326 e. The molecule has 78 valence electrons. The highest BCUT2D eigenvalue weighted by Gasteiger charge is 2.03. The summed E-state index contributed by atoms with van der Waals surface area (Å²) in [4.78, 5) is 13.5. The standard InChI is InChI=1S/C8H6ClFN4O/c9-6-2-1-5(3-7(6)10)13-8(15)4-12-14-11/h1-3H,4H2,(H,13,15). The van der Waals surface area contributed by atoms with Gasteiger partial charge in [-0.1, -0.05) is 16.7 Å². The molecule has 1 rings (SSSR count). The number of nitrogens with one attached hydrogen (secondary N) is 1. The Kier molecular flexibility index (Phi) is 3.91. The van der Waals surface area contributed by atoms with Crippen LogP contribution < -0.4 is 5.32 Å². The lowest BCUT2D eigenvalue weighted by Gasteiger charge is -2.03. The highest BCUT2D eigenvalue weighted by atomic mass is 35.5. The third-order valence-corrected chi connectivity index (χ3v) is 1.79. The molecule has 0 saturated heterocycles. The number of amides is 1. The SMILES string of the molecule is [N-]=[N+]=NCC(=O)Nc1ccc(Cl)c(F)c1. The number of azide groups is 1. The minimum atomic E-state index is -0.627. The summed E-state index contributed by atoms with van der Waals surface area (Å²) in [6.45, 7) is -0.333. The average Bonchev–Trinajstić information content (AvgIpc) is 2.20. The van der Waals surface area contributed by atoms with Gasteiger partial charge < -0.3 is 5.32 Å². The third-order valence-electron chi connectivity index (χ3n) is 1.48. The highest BCUT2D eigenvalue weighted by Crippen LogP contribution is 2.18. The van der Waals surface area contributed by atoms with Crippen molar-refractivity contribution in [3.05, 3.63) is 39.5 Å². The van der Waals surface area contributed by atoms with E-state index in [1.54, 1.807) is 0 Å². The molecule has 15 heavy (non-hydrogen) atoms. The molecule has 7 heteroatoms. The number of carbonyl (C=O) groups is 1. The minimum absolute atomic E-state index is 0.0250. The van der Waals surface area contributed by atoms with Crippen LogP contribution in [0.15, 0.2) is 23.3 Å². The number of nitrogens with zero attached hydrogens (tertiary/aromatic N) is 3. The Morgan fingerprint density at radius 3 is 3.00 bits per heavy atom. The molecule has 0 aliphatic heterocycles. The van der Waals surface area contributed by atoms with Crippen LogP contribution >= 0.6 is 11.6 Å². The second-order valence-electron chi connectivity index (χ2n) is 2.57. The van der Waals surface area contributed by atoms with Crippen molar-refractivity contribution < 1.29 is 9.18 Å². The van der Waals surface area contributed by atoms with Gasteiger partial charge in [-0.2, -0.15) is 0 Å². The molecule has 0 heterocycles. The lowest BCUT2D eigenvalue weighted by Crippen LogP contribution is -2.14. The van der Waals surface area contributed by atoms with Crippen LogP contribution in [0.25, 0.3) is 10.4 Å². The van der Waals surface area contributed by atoms with Gasteiger partial charge in [-0.15, -0.1) is 0 Å². The summed E-state index contributed by atoms with van der Waals surface area (Å²) >= 11 is 5.45. The van der Waals surface area contributed by atoms with Gasteiger partial charge in [0.05, 0.1) is 5.02 Å². The Morgan fingerprint density at radius 2 is 2.40 bits per heavy atom. The molecule has 0 unspecified atom stereocenters. The molecule has 0 spiro atoms. The average molecular weight is 229 g/mol. The van der Waals surface area contributed by atoms with Crippen LogP contribution in [0.3, 0.4) is 0 Å². The normalized spacial score (nSPS) is 9.20. The predicted molar refractivity (Wildman–Crippen MR) is 54.1 cm³/mol. The number of anilines is 1. The Morgan fingerprint density at radius 1 is 1.67 bits per heavy atom. The first kappa shape index (κ1) is 11.3. The molecule has 5 nitrogen and oxygen atoms in total. The van der Waals surface area contributed by atoms with Gasteiger partial charge in [0.1, 0.15) is 12.4 Å². The second kappa shape index (κ2) is 5.19. The molecule has 1 aromatic rings. The molecule has 0 aromatic heterocycles. The maximum atomic E-state index is 12.9. The summed E-state index contributed by atoms with van der Waals surface area (Å²) in [6.07, 6.45) is 0. The molecule has 1 aromatic carbocycles. The van der Waals surface area contributed by atoms with Crippen LogP contribution in [0.1, 0.15) is 0 Å². The molecule has 0 aliphatic carbocycles. The van der Waals surface area contributed by atoms with Gasteiger partial charge in [0.25, 0.3) is 0 Å². The van der Waals surface area contributed by atoms with E-state index in [0.717, 1.165) is 6.07 Å². The molecule has 0 bridgehead atoms. The zero-order valence-electron chi connectivity index (χ0n) is 7.44. The molecule has 1 N–H and O–H groups in total. The summed E-state index contributed by atoms with van der Waals surface area (Å²) < 4.78 is 12.9. The first-order valence-electron chi connectivity index (χ1n) is 3.89. The molecule has 0 saturated carbocycles. The summed E-state index contributed by atoms with van der Waals surface area (Å²) in [5, 5.41) is 5.37. The number of hydrogen-bond donors (Lipinski definition) is 1. The first-order chi connectivity index (χ1) is 7.13. The van der Waals surface area contributed by atoms with Crippen LogP contribution in [-0.4, -0.2) is 12.5 Å². The van der Waals surface area contributed by atoms with Gasteiger partial charge in [0.2, 0.25) is 5.91 Å². The van der Waals surface area contributed by atoms with Crippen molar-refractivity contribution in [1.29, 1.82) is 0 Å². The fraction of sp³-hybridized carbons (Fsp3) is 0.125. The molecule has 0 aliphatic rings. The lowest BCUT2D eigenvalue weighted by atomic mass is 10.3. The first-order valence-corrected chi connectivity index (χ1v) is 4.27. The second-order valence-corrected chi connectivity index (χ2v) is 2.97. The van der Waals surface area contributed by atoms with Crippen LogP contribution in [0.4, 0.5) is 10.1 Å². The smallest absolute Gasteiger partial charge is 0.230 e. The lowest BCUT2D eigenvalue weighted by molar-refractivity contribution is -0.114. The quantitative estimate of drug-likeness (QED) is 0.482. The Hall–Kier alpha value is -1.78. The van der Waals surface area contributed by atoms with E-state index >= 15 is 0 Å². The zero-order chi connectivity index (χ0) is 11.3. The van der Waals surface area contributed by atoms with Crippen molar-refractivity contribution in [2.75, 3.05) is 11.9 Å². The van der Waals surface area contributed by atoms with E-state index in [1.165, 1.54) is 12.1 Å². The third kappa shape index (κ3) is 3.46. The number of carbonyl (C=O) groups excluding carboxylic acids is 1. The Bertz CT molecular complexity index is 431. The summed E-state index contributed by atoms with van der Waals surface area (Å²) in [5.41, 5.74) is 8.22. The van der Waals surface area contributed by atoms with E-state index in [1.807, 2.05) is 0 Å². The Labute approximate surface area is 89.5 Å². The summed E-state index contributed by atoms with van der Waals surface area (Å²) in [6, 6.07) is 3.84. The van der Waals surface area contributed by atoms with Crippen LogP contribution in [0.2, 0.25) is 5.02 Å². The molecule has 0 atom stereocenters. The van der Waals surface area contributed by atoms with Crippen molar-refractivity contribution in [1.82, 2.24) is 0 Å². The Balaban J connectivity index is 2.68. The monoisotopic (exact) mass is 228 g/mol. The molecule has 0 radical (unpaired) electrons. The van der Waals surface area contributed by atoms with Gasteiger partial charge in [-0.3, -0.25) is 4.79 Å². The van der Waals surface area contributed by atoms with Crippen molar-refractivity contribution in [3.63, 3.8) is 0 Å².